The van der Waals surface area contributed by atoms with Gasteiger partial charge in [-0.3, -0.25) is 0 Å². The van der Waals surface area contributed by atoms with Gasteiger partial charge in [-0.2, -0.15) is 0 Å². The first-order valence-corrected chi connectivity index (χ1v) is 6.37. The van der Waals surface area contributed by atoms with E-state index in [9.17, 15) is 5.11 Å². The fraction of sp³-hybridized carbons (Fsp3) is 0.714. The van der Waals surface area contributed by atoms with Crippen LogP contribution < -0.4 is 0 Å². The molecule has 0 bridgehead atoms. The van der Waals surface area contributed by atoms with E-state index in [4.69, 9.17) is 9.47 Å². The van der Waals surface area contributed by atoms with Gasteiger partial charge >= 0.3 is 0 Å². The summed E-state index contributed by atoms with van der Waals surface area (Å²) in [5.41, 5.74) is 0.623. The molecule has 1 saturated carbocycles. The number of hydrogen-bond donors (Lipinski definition) is 1. The minimum absolute atomic E-state index is 0.330. The maximum absolute atomic E-state index is 10.7. The van der Waals surface area contributed by atoms with Crippen LogP contribution in [0.1, 0.15) is 19.3 Å². The maximum atomic E-state index is 10.7. The summed E-state index contributed by atoms with van der Waals surface area (Å²) >= 11 is 0. The molecule has 1 heterocycles. The van der Waals surface area contributed by atoms with Crippen LogP contribution in [-0.4, -0.2) is 31.2 Å². The van der Waals surface area contributed by atoms with E-state index in [0.29, 0.717) is 18.4 Å². The Morgan fingerprint density at radius 2 is 2.41 bits per heavy atom. The van der Waals surface area contributed by atoms with Gasteiger partial charge in [0.25, 0.3) is 0 Å². The Labute approximate surface area is 102 Å². The average Bonchev–Trinajstić information content (AvgIpc) is 2.82. The first-order chi connectivity index (χ1) is 8.20. The molecule has 2 aliphatic carbocycles. The largest absolute Gasteiger partial charge is 0.392 e. The van der Waals surface area contributed by atoms with Crippen molar-refractivity contribution in [3.63, 3.8) is 0 Å². The standard InChI is InChI=1S/C14H20O3/c1-9-8-17-13(16-2)14(9)7-10-5-3-4-6-11(10)12(14)15/h3,5,10-13,15H,1,4,6-8H2,2H3/t10-,11?,12+,13+,14+/m0/s1. The SMILES string of the molecule is C=C1CO[C@@H](OC)[C@]12C[C@@H]1C=CCCC1[C@H]2O. The Morgan fingerprint density at radius 1 is 1.59 bits per heavy atom. The lowest BCUT2D eigenvalue weighted by atomic mass is 9.77. The summed E-state index contributed by atoms with van der Waals surface area (Å²) in [6.07, 6.45) is 6.82. The molecule has 0 aromatic rings. The van der Waals surface area contributed by atoms with Gasteiger partial charge in [0.1, 0.15) is 0 Å². The van der Waals surface area contributed by atoms with E-state index in [2.05, 4.69) is 18.7 Å². The molecule has 1 aliphatic heterocycles. The molecule has 3 nitrogen and oxygen atoms in total. The van der Waals surface area contributed by atoms with Gasteiger partial charge < -0.3 is 14.6 Å². The molecular weight excluding hydrogens is 216 g/mol. The van der Waals surface area contributed by atoms with Crippen molar-refractivity contribution in [2.75, 3.05) is 13.7 Å². The second-order valence-electron chi connectivity index (χ2n) is 5.50. The zero-order chi connectivity index (χ0) is 12.0. The highest BCUT2D eigenvalue weighted by Crippen LogP contribution is 2.58. The Bertz CT molecular complexity index is 362. The van der Waals surface area contributed by atoms with Crippen LogP contribution in [0.4, 0.5) is 0 Å². The zero-order valence-electron chi connectivity index (χ0n) is 10.3. The number of aliphatic hydroxyl groups is 1. The molecule has 94 valence electrons. The summed E-state index contributed by atoms with van der Waals surface area (Å²) in [4.78, 5) is 0. The monoisotopic (exact) mass is 236 g/mol. The second kappa shape index (κ2) is 3.94. The number of aliphatic hydroxyl groups excluding tert-OH is 1. The number of hydrogen-bond acceptors (Lipinski definition) is 3. The second-order valence-corrected chi connectivity index (χ2v) is 5.50. The molecule has 3 aliphatic rings. The fourth-order valence-corrected chi connectivity index (χ4v) is 3.91. The first-order valence-electron chi connectivity index (χ1n) is 6.37. The fourth-order valence-electron chi connectivity index (χ4n) is 3.91. The van der Waals surface area contributed by atoms with Gasteiger partial charge in [0.15, 0.2) is 6.29 Å². The summed E-state index contributed by atoms with van der Waals surface area (Å²) in [7, 11) is 1.65. The quantitative estimate of drug-likeness (QED) is 0.706. The summed E-state index contributed by atoms with van der Waals surface area (Å²) in [6.45, 7) is 4.62. The minimum atomic E-state index is -0.377. The summed E-state index contributed by atoms with van der Waals surface area (Å²) in [5.74, 6) is 0.797. The number of methoxy groups -OCH3 is 1. The molecule has 1 spiro atoms. The van der Waals surface area contributed by atoms with E-state index in [1.807, 2.05) is 0 Å². The topological polar surface area (TPSA) is 38.7 Å². The van der Waals surface area contributed by atoms with Gasteiger partial charge in [-0.05, 0) is 36.7 Å². The van der Waals surface area contributed by atoms with Crippen LogP contribution in [0.3, 0.4) is 0 Å². The smallest absolute Gasteiger partial charge is 0.169 e. The Kier molecular flexibility index (Phi) is 2.65. The van der Waals surface area contributed by atoms with Crippen molar-refractivity contribution in [2.45, 2.75) is 31.7 Å². The number of allylic oxidation sites excluding steroid dienone is 2. The van der Waals surface area contributed by atoms with Gasteiger partial charge in [-0.15, -0.1) is 0 Å². The Balaban J connectivity index is 1.97. The summed E-state index contributed by atoms with van der Waals surface area (Å²) < 4.78 is 11.1. The molecule has 0 radical (unpaired) electrons. The van der Waals surface area contributed by atoms with Crippen molar-refractivity contribution < 1.29 is 14.6 Å². The number of rotatable bonds is 1. The number of fused-ring (bicyclic) bond motifs is 1. The molecule has 0 amide bonds. The molecule has 3 heteroatoms. The Hall–Kier alpha value is -0.640. The molecule has 3 rings (SSSR count). The van der Waals surface area contributed by atoms with Crippen molar-refractivity contribution >= 4 is 0 Å². The molecule has 1 N–H and O–H groups in total. The molecule has 2 fully saturated rings. The van der Waals surface area contributed by atoms with Crippen molar-refractivity contribution in [1.29, 1.82) is 0 Å². The van der Waals surface area contributed by atoms with E-state index < -0.39 is 0 Å². The van der Waals surface area contributed by atoms with Gasteiger partial charge in [-0.25, -0.2) is 0 Å². The highest BCUT2D eigenvalue weighted by Gasteiger charge is 2.61. The lowest BCUT2D eigenvalue weighted by molar-refractivity contribution is -0.164. The van der Waals surface area contributed by atoms with Crippen LogP contribution in [0.5, 0.6) is 0 Å². The molecule has 0 aromatic heterocycles. The predicted octanol–water partition coefficient (Wildman–Crippen LogP) is 1.88. The molecule has 1 unspecified atom stereocenters. The minimum Gasteiger partial charge on any atom is -0.392 e. The third-order valence-electron chi connectivity index (χ3n) is 4.81. The van der Waals surface area contributed by atoms with Crippen LogP contribution in [0, 0.1) is 17.3 Å². The van der Waals surface area contributed by atoms with Crippen molar-refractivity contribution in [3.8, 4) is 0 Å². The van der Waals surface area contributed by atoms with Gasteiger partial charge in [0.2, 0.25) is 0 Å². The summed E-state index contributed by atoms with van der Waals surface area (Å²) in [6, 6.07) is 0. The zero-order valence-corrected chi connectivity index (χ0v) is 10.3. The summed E-state index contributed by atoms with van der Waals surface area (Å²) in [5, 5.41) is 10.7. The van der Waals surface area contributed by atoms with Gasteiger partial charge in [0, 0.05) is 7.11 Å². The molecule has 17 heavy (non-hydrogen) atoms. The maximum Gasteiger partial charge on any atom is 0.169 e. The highest BCUT2D eigenvalue weighted by atomic mass is 16.7. The lowest BCUT2D eigenvalue weighted by Gasteiger charge is -2.34. The van der Waals surface area contributed by atoms with Crippen molar-refractivity contribution in [1.82, 2.24) is 0 Å². The van der Waals surface area contributed by atoms with Crippen LogP contribution in [-0.2, 0) is 9.47 Å². The van der Waals surface area contributed by atoms with Crippen LogP contribution in [0.15, 0.2) is 24.3 Å². The third-order valence-corrected chi connectivity index (χ3v) is 4.81. The highest BCUT2D eigenvalue weighted by molar-refractivity contribution is 5.26. The molecule has 1 saturated heterocycles. The lowest BCUT2D eigenvalue weighted by Crippen LogP contribution is -2.42. The average molecular weight is 236 g/mol. The molecule has 5 atom stereocenters. The van der Waals surface area contributed by atoms with Crippen LogP contribution in [0.25, 0.3) is 0 Å². The van der Waals surface area contributed by atoms with E-state index >= 15 is 0 Å². The Morgan fingerprint density at radius 3 is 3.12 bits per heavy atom. The molecule has 0 aromatic carbocycles. The van der Waals surface area contributed by atoms with Gasteiger partial charge in [0.05, 0.1) is 18.1 Å². The third kappa shape index (κ3) is 1.39. The first kappa shape index (κ1) is 11.5. The van der Waals surface area contributed by atoms with Gasteiger partial charge in [-0.1, -0.05) is 18.7 Å². The van der Waals surface area contributed by atoms with Crippen LogP contribution in [0.2, 0.25) is 0 Å². The van der Waals surface area contributed by atoms with E-state index in [-0.39, 0.29) is 17.8 Å². The molecular formula is C14H20O3. The normalized spacial score (nSPS) is 48.9. The van der Waals surface area contributed by atoms with E-state index in [1.165, 1.54) is 0 Å². The van der Waals surface area contributed by atoms with Crippen molar-refractivity contribution in [2.24, 2.45) is 17.3 Å². The predicted molar refractivity (Wildman–Crippen MR) is 64.3 cm³/mol. The van der Waals surface area contributed by atoms with E-state index in [1.54, 1.807) is 7.11 Å². The van der Waals surface area contributed by atoms with E-state index in [0.717, 1.165) is 24.8 Å². The van der Waals surface area contributed by atoms with Crippen molar-refractivity contribution in [3.05, 3.63) is 24.3 Å². The number of ether oxygens (including phenoxy) is 2. The van der Waals surface area contributed by atoms with Crippen LogP contribution >= 0.6 is 0 Å².